The molecule has 1 aliphatic heterocycles. The van der Waals surface area contributed by atoms with Gasteiger partial charge >= 0.3 is 6.18 Å². The predicted octanol–water partition coefficient (Wildman–Crippen LogP) is 4.64. The number of hydrogen-bond donors (Lipinski definition) is 3. The third kappa shape index (κ3) is 4.64. The molecule has 0 bridgehead atoms. The average Bonchev–Trinajstić information content (AvgIpc) is 3.28. The number of H-pyrrole nitrogens is 1. The Bertz CT molecular complexity index is 1500. The molecule has 0 saturated heterocycles. The number of alkyl halides is 3. The first-order valence-electron chi connectivity index (χ1n) is 10.2. The number of rotatable bonds is 6. The van der Waals surface area contributed by atoms with Crippen molar-refractivity contribution in [2.45, 2.75) is 18.0 Å². The molecule has 1 aromatic carbocycles. The van der Waals surface area contributed by atoms with E-state index < -0.39 is 32.4 Å². The third-order valence-corrected chi connectivity index (χ3v) is 7.01. The van der Waals surface area contributed by atoms with E-state index in [2.05, 4.69) is 14.7 Å². The van der Waals surface area contributed by atoms with Crippen molar-refractivity contribution in [3.05, 3.63) is 75.9 Å². The fraction of sp³-hybridized carbons (Fsp3) is 0.182. The van der Waals surface area contributed by atoms with E-state index in [4.69, 9.17) is 16.3 Å². The molecule has 190 valence electrons. The van der Waals surface area contributed by atoms with Crippen LogP contribution in [0.15, 0.2) is 53.4 Å². The molecule has 3 N–H and O–H groups in total. The number of allylic oxidation sites excluding steroid dienone is 1. The van der Waals surface area contributed by atoms with Gasteiger partial charge in [0.15, 0.2) is 0 Å². The summed E-state index contributed by atoms with van der Waals surface area (Å²) < 4.78 is 73.5. The molecule has 0 aliphatic carbocycles. The first kappa shape index (κ1) is 25.5. The van der Waals surface area contributed by atoms with E-state index in [0.29, 0.717) is 6.07 Å². The molecule has 3 aromatic rings. The Morgan fingerprint density at radius 1 is 1.28 bits per heavy atom. The number of aromatic nitrogens is 2. The lowest BCUT2D eigenvalue weighted by atomic mass is 9.96. The van der Waals surface area contributed by atoms with Crippen molar-refractivity contribution in [2.75, 3.05) is 23.4 Å². The quantitative estimate of drug-likeness (QED) is 0.387. The summed E-state index contributed by atoms with van der Waals surface area (Å²) >= 11 is 5.99. The number of pyridine rings is 1. The Labute approximate surface area is 208 Å². The van der Waals surface area contributed by atoms with Crippen LogP contribution in [0.4, 0.5) is 24.7 Å². The first-order chi connectivity index (χ1) is 16.8. The molecule has 0 spiro atoms. The highest BCUT2D eigenvalue weighted by atomic mass is 35.5. The normalized spacial score (nSPS) is 14.0. The molecule has 3 heterocycles. The van der Waals surface area contributed by atoms with Gasteiger partial charge in [0.25, 0.3) is 10.0 Å². The summed E-state index contributed by atoms with van der Waals surface area (Å²) in [5.41, 5.74) is -1.73. The number of hydrogen-bond acceptors (Lipinski definition) is 7. The molecule has 0 saturated carbocycles. The third-order valence-electron chi connectivity index (χ3n) is 5.44. The van der Waals surface area contributed by atoms with Crippen LogP contribution in [0.3, 0.4) is 0 Å². The summed E-state index contributed by atoms with van der Waals surface area (Å²) in [7, 11) is -3.30. The van der Waals surface area contributed by atoms with Crippen molar-refractivity contribution in [2.24, 2.45) is 0 Å². The summed E-state index contributed by atoms with van der Waals surface area (Å²) in [5, 5.41) is 11.0. The van der Waals surface area contributed by atoms with Crippen LogP contribution in [0.5, 0.6) is 0 Å². The summed E-state index contributed by atoms with van der Waals surface area (Å²) in [5.74, 6) is -0.488. The molecule has 0 radical (unpaired) electrons. The number of halogens is 4. The number of ketones is 1. The zero-order chi connectivity index (χ0) is 26.4. The second-order valence-corrected chi connectivity index (χ2v) is 9.88. The molecular weight excluding hydrogens is 525 g/mol. The zero-order valence-corrected chi connectivity index (χ0v) is 20.2. The monoisotopic (exact) mass is 542 g/mol. The fourth-order valence-corrected chi connectivity index (χ4v) is 4.97. The van der Waals surface area contributed by atoms with E-state index in [1.54, 1.807) is 0 Å². The van der Waals surface area contributed by atoms with Gasteiger partial charge in [-0.05, 0) is 36.8 Å². The number of nitrogens with zero attached hydrogens (tertiary/aromatic N) is 2. The SMILES string of the molecule is COC1=C(C(=O)c2ncc(Cl)cc2NS(=O)(=O)c2ccc(C)c(C(F)(F)F)c2)c2cc[nH]c2N(O)C1. The molecule has 0 amide bonds. The number of carbonyl (C=O) groups is 1. The van der Waals surface area contributed by atoms with E-state index in [1.165, 1.54) is 26.3 Å². The topological polar surface area (TPSA) is 125 Å². The summed E-state index contributed by atoms with van der Waals surface area (Å²) in [6.45, 7) is 1.02. The smallest absolute Gasteiger partial charge is 0.416 e. The summed E-state index contributed by atoms with van der Waals surface area (Å²) in [6.07, 6.45) is -2.17. The molecule has 1 aliphatic rings. The number of benzene rings is 1. The number of sulfonamides is 1. The Morgan fingerprint density at radius 3 is 2.67 bits per heavy atom. The van der Waals surface area contributed by atoms with Crippen molar-refractivity contribution < 1.29 is 36.3 Å². The number of methoxy groups -OCH3 is 1. The lowest BCUT2D eigenvalue weighted by molar-refractivity contribution is -0.138. The molecular formula is C22H18ClF3N4O5S. The number of fused-ring (bicyclic) bond motifs is 1. The molecule has 2 aromatic heterocycles. The summed E-state index contributed by atoms with van der Waals surface area (Å²) in [4.78, 5) is 19.7. The van der Waals surface area contributed by atoms with E-state index in [9.17, 15) is 31.6 Å². The second kappa shape index (κ2) is 9.15. The van der Waals surface area contributed by atoms with Crippen LogP contribution in [0.25, 0.3) is 5.57 Å². The minimum Gasteiger partial charge on any atom is -0.498 e. The van der Waals surface area contributed by atoms with Crippen LogP contribution in [0.1, 0.15) is 27.2 Å². The predicted molar refractivity (Wildman–Crippen MR) is 124 cm³/mol. The molecule has 9 nitrogen and oxygen atoms in total. The number of aromatic amines is 1. The van der Waals surface area contributed by atoms with Crippen LogP contribution in [-0.4, -0.2) is 43.0 Å². The van der Waals surface area contributed by atoms with Gasteiger partial charge in [-0.15, -0.1) is 0 Å². The zero-order valence-electron chi connectivity index (χ0n) is 18.6. The number of carbonyl (C=O) groups excluding carboxylic acids is 1. The number of ether oxygens (including phenoxy) is 1. The highest BCUT2D eigenvalue weighted by Crippen LogP contribution is 2.37. The average molecular weight is 543 g/mol. The highest BCUT2D eigenvalue weighted by molar-refractivity contribution is 7.92. The van der Waals surface area contributed by atoms with Gasteiger partial charge in [0.1, 0.15) is 23.8 Å². The molecule has 0 fully saturated rings. The van der Waals surface area contributed by atoms with Gasteiger partial charge in [-0.3, -0.25) is 14.7 Å². The van der Waals surface area contributed by atoms with Gasteiger partial charge in [-0.1, -0.05) is 17.7 Å². The van der Waals surface area contributed by atoms with Crippen molar-refractivity contribution in [3.8, 4) is 0 Å². The molecule has 36 heavy (non-hydrogen) atoms. The van der Waals surface area contributed by atoms with Crippen LogP contribution in [0, 0.1) is 6.92 Å². The van der Waals surface area contributed by atoms with Gasteiger partial charge in [0.05, 0.1) is 33.9 Å². The lowest BCUT2D eigenvalue weighted by Crippen LogP contribution is -2.29. The second-order valence-electron chi connectivity index (χ2n) is 7.76. The Morgan fingerprint density at radius 2 is 2.00 bits per heavy atom. The van der Waals surface area contributed by atoms with Crippen LogP contribution < -0.4 is 9.79 Å². The molecule has 4 rings (SSSR count). The maximum Gasteiger partial charge on any atom is 0.416 e. The van der Waals surface area contributed by atoms with Gasteiger partial charge in [-0.2, -0.15) is 13.2 Å². The minimum absolute atomic E-state index is 0.00372. The Balaban J connectivity index is 1.79. The van der Waals surface area contributed by atoms with Crippen molar-refractivity contribution in [3.63, 3.8) is 0 Å². The lowest BCUT2D eigenvalue weighted by Gasteiger charge is -2.26. The van der Waals surface area contributed by atoms with Gasteiger partial charge in [-0.25, -0.2) is 18.5 Å². The van der Waals surface area contributed by atoms with Gasteiger partial charge in [0, 0.05) is 18.0 Å². The van der Waals surface area contributed by atoms with Crippen molar-refractivity contribution in [1.82, 2.24) is 9.97 Å². The number of aryl methyl sites for hydroxylation is 1. The fourth-order valence-electron chi connectivity index (χ4n) is 3.73. The molecule has 0 unspecified atom stereocenters. The summed E-state index contributed by atoms with van der Waals surface area (Å²) in [6, 6.07) is 5.18. The molecule has 14 heteroatoms. The standard InChI is InChI=1S/C22H18ClF3N4O5S/c1-11-3-4-13(8-15(11)22(24,25)26)36(33,34)29-16-7-12(23)9-28-19(16)20(31)18-14-5-6-27-21(14)30(32)10-17(18)35-2/h3-9,27,29,32H,10H2,1-2H3. The van der Waals surface area contributed by atoms with E-state index in [0.717, 1.165) is 29.5 Å². The number of nitrogens with one attached hydrogen (secondary N) is 2. The van der Waals surface area contributed by atoms with Crippen LogP contribution >= 0.6 is 11.6 Å². The molecule has 0 atom stereocenters. The minimum atomic E-state index is -4.77. The maximum atomic E-state index is 13.6. The Hall–Kier alpha value is -3.55. The van der Waals surface area contributed by atoms with Crippen LogP contribution in [0.2, 0.25) is 5.02 Å². The first-order valence-corrected chi connectivity index (χ1v) is 12.0. The van der Waals surface area contributed by atoms with Crippen molar-refractivity contribution in [1.29, 1.82) is 0 Å². The number of Topliss-reactive ketones (excluding diaryl/α,β-unsaturated/α-hetero) is 1. The van der Waals surface area contributed by atoms with Gasteiger partial charge < -0.3 is 9.72 Å². The Kier molecular flexibility index (Phi) is 6.49. The van der Waals surface area contributed by atoms with E-state index in [-0.39, 0.29) is 51.2 Å². The number of hydroxylamine groups is 1. The van der Waals surface area contributed by atoms with E-state index in [1.807, 2.05) is 0 Å². The van der Waals surface area contributed by atoms with Gasteiger partial charge in [0.2, 0.25) is 5.78 Å². The largest absolute Gasteiger partial charge is 0.498 e. The van der Waals surface area contributed by atoms with E-state index >= 15 is 0 Å². The number of anilines is 2. The van der Waals surface area contributed by atoms with Crippen molar-refractivity contribution >= 4 is 44.5 Å². The van der Waals surface area contributed by atoms with Crippen LogP contribution in [-0.2, 0) is 20.9 Å². The highest BCUT2D eigenvalue weighted by Gasteiger charge is 2.35. The maximum absolute atomic E-state index is 13.6.